The minimum Gasteiger partial charge on any atom is -0.312 e. The largest absolute Gasteiger partial charge is 0.325 e. The Hall–Kier alpha value is -2.36. The van der Waals surface area contributed by atoms with E-state index >= 15 is 0 Å². The lowest BCUT2D eigenvalue weighted by Gasteiger charge is -2.18. The van der Waals surface area contributed by atoms with Gasteiger partial charge >= 0.3 is 5.69 Å². The number of anilines is 1. The molecule has 2 heterocycles. The SMILES string of the molecule is CC(C)(C)c1nn(C2CCCC2)cc1S(=O)(=O)Nc1c[nH]c(=O)[nH]c1=O. The molecule has 1 saturated carbocycles. The highest BCUT2D eigenvalue weighted by Gasteiger charge is 2.32. The van der Waals surface area contributed by atoms with Gasteiger partial charge in [0.1, 0.15) is 10.6 Å². The van der Waals surface area contributed by atoms with Gasteiger partial charge in [0, 0.05) is 17.8 Å². The molecule has 0 radical (unpaired) electrons. The maximum atomic E-state index is 12.9. The first kappa shape index (κ1) is 18.4. The van der Waals surface area contributed by atoms with Crippen LogP contribution in [0.3, 0.4) is 0 Å². The summed E-state index contributed by atoms with van der Waals surface area (Å²) in [4.78, 5) is 27.2. The van der Waals surface area contributed by atoms with E-state index in [4.69, 9.17) is 0 Å². The first-order valence-electron chi connectivity index (χ1n) is 8.52. The summed E-state index contributed by atoms with van der Waals surface area (Å²) in [5.74, 6) is 0. The minimum absolute atomic E-state index is 0.0440. The number of aromatic amines is 2. The molecule has 0 atom stereocenters. The number of sulfonamides is 1. The molecule has 0 unspecified atom stereocenters. The Morgan fingerprint density at radius 3 is 2.46 bits per heavy atom. The molecular formula is C16H23N5O4S. The van der Waals surface area contributed by atoms with E-state index in [1.165, 1.54) is 0 Å². The van der Waals surface area contributed by atoms with Crippen molar-refractivity contribution in [2.24, 2.45) is 0 Å². The molecule has 0 aliphatic heterocycles. The second kappa shape index (κ2) is 6.42. The van der Waals surface area contributed by atoms with E-state index in [0.29, 0.717) is 5.69 Å². The monoisotopic (exact) mass is 381 g/mol. The van der Waals surface area contributed by atoms with Gasteiger partial charge in [-0.25, -0.2) is 13.2 Å². The molecule has 0 amide bonds. The van der Waals surface area contributed by atoms with Gasteiger partial charge in [0.2, 0.25) is 0 Å². The molecular weight excluding hydrogens is 358 g/mol. The molecule has 0 saturated heterocycles. The molecule has 2 aromatic heterocycles. The highest BCUT2D eigenvalue weighted by molar-refractivity contribution is 7.92. The molecule has 142 valence electrons. The molecule has 2 aromatic rings. The van der Waals surface area contributed by atoms with Crippen LogP contribution in [0.25, 0.3) is 0 Å². The zero-order valence-corrected chi connectivity index (χ0v) is 15.8. The van der Waals surface area contributed by atoms with Crippen molar-refractivity contribution in [2.75, 3.05) is 4.72 Å². The van der Waals surface area contributed by atoms with Crippen LogP contribution in [-0.4, -0.2) is 28.2 Å². The van der Waals surface area contributed by atoms with Gasteiger partial charge in [-0.1, -0.05) is 33.6 Å². The van der Waals surface area contributed by atoms with Crippen LogP contribution < -0.4 is 16.0 Å². The number of nitrogens with zero attached hydrogens (tertiary/aromatic N) is 2. The van der Waals surface area contributed by atoms with E-state index in [1.807, 2.05) is 25.8 Å². The topological polar surface area (TPSA) is 130 Å². The van der Waals surface area contributed by atoms with Crippen LogP contribution in [0, 0.1) is 0 Å². The van der Waals surface area contributed by atoms with Crippen LogP contribution in [0.15, 0.2) is 26.9 Å². The Balaban J connectivity index is 2.05. The first-order valence-corrected chi connectivity index (χ1v) is 10.0. The predicted octanol–water partition coefficient (Wildman–Crippen LogP) is 1.47. The molecule has 1 aliphatic rings. The summed E-state index contributed by atoms with van der Waals surface area (Å²) in [7, 11) is -4.05. The molecule has 0 aromatic carbocycles. The van der Waals surface area contributed by atoms with Gasteiger partial charge in [0.15, 0.2) is 0 Å². The minimum atomic E-state index is -4.05. The molecule has 0 bridgehead atoms. The summed E-state index contributed by atoms with van der Waals surface area (Å²) in [6, 6.07) is 0.191. The molecule has 3 N–H and O–H groups in total. The van der Waals surface area contributed by atoms with E-state index in [1.54, 1.807) is 10.9 Å². The molecule has 26 heavy (non-hydrogen) atoms. The van der Waals surface area contributed by atoms with Crippen LogP contribution in [0.2, 0.25) is 0 Å². The lowest BCUT2D eigenvalue weighted by molar-refractivity contribution is 0.448. The third-order valence-corrected chi connectivity index (χ3v) is 5.83. The van der Waals surface area contributed by atoms with Gasteiger partial charge in [-0.2, -0.15) is 5.10 Å². The van der Waals surface area contributed by atoms with E-state index < -0.39 is 26.7 Å². The fourth-order valence-corrected chi connectivity index (χ4v) is 4.53. The third kappa shape index (κ3) is 3.59. The van der Waals surface area contributed by atoms with Crippen molar-refractivity contribution in [3.8, 4) is 0 Å². The number of H-pyrrole nitrogens is 2. The molecule has 1 fully saturated rings. The lowest BCUT2D eigenvalue weighted by Crippen LogP contribution is -2.27. The van der Waals surface area contributed by atoms with Crippen LogP contribution in [-0.2, 0) is 15.4 Å². The van der Waals surface area contributed by atoms with Gasteiger partial charge in [-0.15, -0.1) is 0 Å². The summed E-state index contributed by atoms with van der Waals surface area (Å²) in [5.41, 5.74) is -1.82. The highest BCUT2D eigenvalue weighted by Crippen LogP contribution is 2.34. The highest BCUT2D eigenvalue weighted by atomic mass is 32.2. The van der Waals surface area contributed by atoms with Gasteiger partial charge in [0.25, 0.3) is 15.6 Å². The van der Waals surface area contributed by atoms with E-state index in [-0.39, 0.29) is 16.6 Å². The average molecular weight is 381 g/mol. The first-order chi connectivity index (χ1) is 12.1. The molecule has 3 rings (SSSR count). The van der Waals surface area contributed by atoms with Gasteiger partial charge < -0.3 is 4.98 Å². The third-order valence-electron chi connectivity index (χ3n) is 4.46. The summed E-state index contributed by atoms with van der Waals surface area (Å²) in [6.45, 7) is 5.67. The second-order valence-corrected chi connectivity index (χ2v) is 9.25. The quantitative estimate of drug-likeness (QED) is 0.738. The Kier molecular flexibility index (Phi) is 4.55. The zero-order chi connectivity index (χ0) is 19.1. The predicted molar refractivity (Wildman–Crippen MR) is 96.9 cm³/mol. The number of rotatable bonds is 4. The van der Waals surface area contributed by atoms with E-state index in [2.05, 4.69) is 14.8 Å². The standard InChI is InChI=1S/C16H23N5O4S/c1-16(2,3)13-12(9-21(19-13)10-6-4-5-7-10)26(24,25)20-11-8-17-15(23)18-14(11)22/h8-10,20H,4-7H2,1-3H3,(H2,17,18,22,23). The maximum absolute atomic E-state index is 12.9. The Labute approximate surface area is 150 Å². The molecule has 0 spiro atoms. The number of nitrogens with one attached hydrogen (secondary N) is 3. The molecule has 10 heteroatoms. The smallest absolute Gasteiger partial charge is 0.312 e. The molecule has 1 aliphatic carbocycles. The van der Waals surface area contributed by atoms with Crippen LogP contribution >= 0.6 is 0 Å². The van der Waals surface area contributed by atoms with Crippen LogP contribution in [0.5, 0.6) is 0 Å². The summed E-state index contributed by atoms with van der Waals surface area (Å²) in [6.07, 6.45) is 6.72. The van der Waals surface area contributed by atoms with Crippen molar-refractivity contribution in [3.63, 3.8) is 0 Å². The number of aromatic nitrogens is 4. The fraction of sp³-hybridized carbons (Fsp3) is 0.562. The van der Waals surface area contributed by atoms with Gasteiger partial charge in [0.05, 0.1) is 11.7 Å². The normalized spacial score (nSPS) is 16.1. The Morgan fingerprint density at radius 2 is 1.88 bits per heavy atom. The fourth-order valence-electron chi connectivity index (χ4n) is 3.13. The van der Waals surface area contributed by atoms with E-state index in [9.17, 15) is 18.0 Å². The Bertz CT molecular complexity index is 1020. The summed E-state index contributed by atoms with van der Waals surface area (Å²) >= 11 is 0. The van der Waals surface area contributed by atoms with Gasteiger partial charge in [-0.3, -0.25) is 19.2 Å². The number of hydrogen-bond acceptors (Lipinski definition) is 5. The number of hydrogen-bond donors (Lipinski definition) is 3. The Morgan fingerprint density at radius 1 is 1.23 bits per heavy atom. The van der Waals surface area contributed by atoms with Crippen molar-refractivity contribution in [1.82, 2.24) is 19.7 Å². The maximum Gasteiger partial charge on any atom is 0.325 e. The second-order valence-electron chi connectivity index (χ2n) is 7.60. The summed E-state index contributed by atoms with van der Waals surface area (Å²) < 4.78 is 29.8. The van der Waals surface area contributed by atoms with Gasteiger partial charge in [-0.05, 0) is 12.8 Å². The van der Waals surface area contributed by atoms with Crippen molar-refractivity contribution >= 4 is 15.7 Å². The van der Waals surface area contributed by atoms with Crippen LogP contribution in [0.4, 0.5) is 5.69 Å². The van der Waals surface area contributed by atoms with Crippen molar-refractivity contribution in [2.45, 2.75) is 62.8 Å². The summed E-state index contributed by atoms with van der Waals surface area (Å²) in [5, 5.41) is 4.56. The van der Waals surface area contributed by atoms with Crippen molar-refractivity contribution in [1.29, 1.82) is 0 Å². The molecule has 9 nitrogen and oxygen atoms in total. The average Bonchev–Trinajstić information content (AvgIpc) is 3.17. The zero-order valence-electron chi connectivity index (χ0n) is 15.0. The van der Waals surface area contributed by atoms with E-state index in [0.717, 1.165) is 31.9 Å². The van der Waals surface area contributed by atoms with Crippen LogP contribution in [0.1, 0.15) is 58.2 Å². The lowest BCUT2D eigenvalue weighted by atomic mass is 9.92. The van der Waals surface area contributed by atoms with Crippen molar-refractivity contribution < 1.29 is 8.42 Å². The van der Waals surface area contributed by atoms with Crippen molar-refractivity contribution in [3.05, 3.63) is 38.9 Å².